The zero-order chi connectivity index (χ0) is 20.6. The third kappa shape index (κ3) is 5.10. The summed E-state index contributed by atoms with van der Waals surface area (Å²) in [6.45, 7) is 5.29. The fraction of sp³-hybridized carbons (Fsp3) is 0.261. The van der Waals surface area contributed by atoms with Crippen LogP contribution in [-0.4, -0.2) is 23.1 Å². The Kier molecular flexibility index (Phi) is 6.79. The molecule has 6 heteroatoms. The molecule has 0 fully saturated rings. The summed E-state index contributed by atoms with van der Waals surface area (Å²) in [5, 5.41) is 11.7. The van der Waals surface area contributed by atoms with E-state index in [0.29, 0.717) is 29.9 Å². The smallest absolute Gasteiger partial charge is 0.278 e. The third-order valence-corrected chi connectivity index (χ3v) is 4.40. The zero-order valence-corrected chi connectivity index (χ0v) is 16.6. The van der Waals surface area contributed by atoms with Crippen LogP contribution in [0.2, 0.25) is 0 Å². The van der Waals surface area contributed by atoms with Gasteiger partial charge >= 0.3 is 0 Å². The maximum atomic E-state index is 11.1. The van der Waals surface area contributed by atoms with E-state index >= 15 is 0 Å². The summed E-state index contributed by atoms with van der Waals surface area (Å²) < 4.78 is 11.5. The molecule has 0 aliphatic rings. The van der Waals surface area contributed by atoms with E-state index in [1.807, 2.05) is 37.3 Å². The van der Waals surface area contributed by atoms with Crippen molar-refractivity contribution in [1.29, 1.82) is 0 Å². The van der Waals surface area contributed by atoms with Crippen LogP contribution in [-0.2, 0) is 0 Å². The molecule has 0 N–H and O–H groups in total. The molecule has 0 bridgehead atoms. The summed E-state index contributed by atoms with van der Waals surface area (Å²) in [6.07, 6.45) is 5.89. The number of rotatable bonds is 9. The first-order valence-electron chi connectivity index (χ1n) is 9.74. The number of benzene rings is 2. The normalized spacial score (nSPS) is 11.1. The van der Waals surface area contributed by atoms with Gasteiger partial charge in [0.25, 0.3) is 5.69 Å². The first kappa shape index (κ1) is 20.3. The van der Waals surface area contributed by atoms with Crippen LogP contribution in [0.4, 0.5) is 5.69 Å². The number of hydrogen-bond acceptors (Lipinski definition) is 5. The van der Waals surface area contributed by atoms with E-state index in [1.165, 1.54) is 6.07 Å². The number of ether oxygens (including phenoxy) is 2. The highest BCUT2D eigenvalue weighted by Gasteiger charge is 2.11. The van der Waals surface area contributed by atoms with E-state index in [1.54, 1.807) is 24.3 Å². The Balaban J connectivity index is 1.83. The molecule has 29 heavy (non-hydrogen) atoms. The van der Waals surface area contributed by atoms with Gasteiger partial charge in [-0.2, -0.15) is 0 Å². The molecular formula is C23H24N2O4. The van der Waals surface area contributed by atoms with Crippen molar-refractivity contribution in [2.24, 2.45) is 0 Å². The molecule has 0 aliphatic heterocycles. The molecule has 150 valence electrons. The number of fused-ring (bicyclic) bond motifs is 1. The quantitative estimate of drug-likeness (QED) is 0.258. The van der Waals surface area contributed by atoms with Gasteiger partial charge in [0.15, 0.2) is 11.5 Å². The summed E-state index contributed by atoms with van der Waals surface area (Å²) in [5.41, 5.74) is 2.33. The molecule has 1 heterocycles. The summed E-state index contributed by atoms with van der Waals surface area (Å²) >= 11 is 0. The lowest BCUT2D eigenvalue weighted by atomic mass is 10.1. The van der Waals surface area contributed by atoms with Crippen molar-refractivity contribution >= 4 is 28.7 Å². The molecule has 0 amide bonds. The Morgan fingerprint density at radius 2 is 1.90 bits per heavy atom. The van der Waals surface area contributed by atoms with Crippen molar-refractivity contribution in [3.8, 4) is 11.5 Å². The molecule has 3 rings (SSSR count). The Morgan fingerprint density at radius 1 is 1.03 bits per heavy atom. The molecule has 0 saturated heterocycles. The second-order valence-electron chi connectivity index (χ2n) is 6.51. The standard InChI is InChI=1S/C23H24N2O4/c1-3-5-15-29-22-14-10-17(16-23(22)28-4-2)9-11-18-12-13-19-20(24-18)7-6-8-21(19)25(26)27/h6-14,16H,3-5,15H2,1-2H3. The molecule has 0 atom stereocenters. The van der Waals surface area contributed by atoms with Gasteiger partial charge in [0, 0.05) is 6.07 Å². The fourth-order valence-corrected chi connectivity index (χ4v) is 2.93. The van der Waals surface area contributed by atoms with Gasteiger partial charge in [-0.1, -0.05) is 31.6 Å². The van der Waals surface area contributed by atoms with Gasteiger partial charge < -0.3 is 9.47 Å². The largest absolute Gasteiger partial charge is 0.490 e. The minimum absolute atomic E-state index is 0.0607. The van der Waals surface area contributed by atoms with Crippen LogP contribution in [0.3, 0.4) is 0 Å². The van der Waals surface area contributed by atoms with Crippen molar-refractivity contribution in [2.75, 3.05) is 13.2 Å². The van der Waals surface area contributed by atoms with Crippen molar-refractivity contribution < 1.29 is 14.4 Å². The number of pyridine rings is 1. The third-order valence-electron chi connectivity index (χ3n) is 4.40. The zero-order valence-electron chi connectivity index (χ0n) is 16.6. The van der Waals surface area contributed by atoms with E-state index in [2.05, 4.69) is 11.9 Å². The summed E-state index contributed by atoms with van der Waals surface area (Å²) in [5.74, 6) is 1.46. The van der Waals surface area contributed by atoms with Crippen LogP contribution in [0.1, 0.15) is 37.9 Å². The fourth-order valence-electron chi connectivity index (χ4n) is 2.93. The Morgan fingerprint density at radius 3 is 2.66 bits per heavy atom. The van der Waals surface area contributed by atoms with E-state index in [-0.39, 0.29) is 10.6 Å². The lowest BCUT2D eigenvalue weighted by Crippen LogP contribution is -2.00. The van der Waals surface area contributed by atoms with Crippen LogP contribution in [0, 0.1) is 10.1 Å². The number of hydrogen-bond donors (Lipinski definition) is 0. The molecule has 0 saturated carbocycles. The second-order valence-corrected chi connectivity index (χ2v) is 6.51. The SMILES string of the molecule is CCCCOc1ccc(C=Cc2ccc3c([N+](=O)[O-])cccc3n2)cc1OCC. The molecule has 0 radical (unpaired) electrons. The van der Waals surface area contributed by atoms with Gasteiger partial charge in [0.2, 0.25) is 0 Å². The highest BCUT2D eigenvalue weighted by atomic mass is 16.6. The van der Waals surface area contributed by atoms with Crippen molar-refractivity contribution in [3.05, 3.63) is 69.9 Å². The highest BCUT2D eigenvalue weighted by molar-refractivity contribution is 5.89. The van der Waals surface area contributed by atoms with Crippen LogP contribution >= 0.6 is 0 Å². The lowest BCUT2D eigenvalue weighted by Gasteiger charge is -2.12. The molecule has 0 spiro atoms. The summed E-state index contributed by atoms with van der Waals surface area (Å²) in [6, 6.07) is 14.2. The summed E-state index contributed by atoms with van der Waals surface area (Å²) in [4.78, 5) is 15.3. The van der Waals surface area contributed by atoms with Crippen LogP contribution in [0.5, 0.6) is 11.5 Å². The molecule has 2 aromatic carbocycles. The van der Waals surface area contributed by atoms with Gasteiger partial charge in [-0.15, -0.1) is 0 Å². The molecule has 6 nitrogen and oxygen atoms in total. The minimum Gasteiger partial charge on any atom is -0.490 e. The van der Waals surface area contributed by atoms with Crippen LogP contribution in [0.15, 0.2) is 48.5 Å². The number of nitrogens with zero attached hydrogens (tertiary/aromatic N) is 2. The first-order chi connectivity index (χ1) is 14.1. The van der Waals surface area contributed by atoms with Gasteiger partial charge in [-0.3, -0.25) is 10.1 Å². The van der Waals surface area contributed by atoms with E-state index in [9.17, 15) is 10.1 Å². The Bertz CT molecular complexity index is 1030. The molecule has 0 unspecified atom stereocenters. The van der Waals surface area contributed by atoms with E-state index in [0.717, 1.165) is 29.8 Å². The molecular weight excluding hydrogens is 368 g/mol. The first-order valence-corrected chi connectivity index (χ1v) is 9.74. The van der Waals surface area contributed by atoms with Gasteiger partial charge in [0.1, 0.15) is 0 Å². The Labute approximate surface area is 169 Å². The number of nitro benzene ring substituents is 1. The van der Waals surface area contributed by atoms with Crippen molar-refractivity contribution in [1.82, 2.24) is 4.98 Å². The van der Waals surface area contributed by atoms with Crippen LogP contribution < -0.4 is 9.47 Å². The van der Waals surface area contributed by atoms with E-state index < -0.39 is 0 Å². The number of non-ortho nitro benzene ring substituents is 1. The predicted molar refractivity (Wildman–Crippen MR) is 115 cm³/mol. The van der Waals surface area contributed by atoms with Crippen LogP contribution in [0.25, 0.3) is 23.1 Å². The number of aromatic nitrogens is 1. The molecule has 3 aromatic rings. The van der Waals surface area contributed by atoms with Crippen molar-refractivity contribution in [3.63, 3.8) is 0 Å². The lowest BCUT2D eigenvalue weighted by molar-refractivity contribution is -0.383. The van der Waals surface area contributed by atoms with Crippen molar-refractivity contribution in [2.45, 2.75) is 26.7 Å². The summed E-state index contributed by atoms with van der Waals surface area (Å²) in [7, 11) is 0. The van der Waals surface area contributed by atoms with E-state index in [4.69, 9.17) is 9.47 Å². The topological polar surface area (TPSA) is 74.5 Å². The second kappa shape index (κ2) is 9.68. The Hall–Kier alpha value is -3.41. The maximum Gasteiger partial charge on any atom is 0.278 e. The molecule has 0 aliphatic carbocycles. The monoisotopic (exact) mass is 392 g/mol. The average molecular weight is 392 g/mol. The van der Waals surface area contributed by atoms with Gasteiger partial charge in [-0.25, -0.2) is 4.98 Å². The number of unbranched alkanes of at least 4 members (excludes halogenated alkanes) is 1. The molecule has 1 aromatic heterocycles. The predicted octanol–water partition coefficient (Wildman–Crippen LogP) is 5.89. The number of nitro groups is 1. The highest BCUT2D eigenvalue weighted by Crippen LogP contribution is 2.30. The average Bonchev–Trinajstić information content (AvgIpc) is 2.73. The van der Waals surface area contributed by atoms with Gasteiger partial charge in [-0.05, 0) is 55.3 Å². The maximum absolute atomic E-state index is 11.1. The van der Waals surface area contributed by atoms with Gasteiger partial charge in [0.05, 0.1) is 34.7 Å². The minimum atomic E-state index is -0.390.